The molecule has 2 fully saturated rings. The molecule has 1 saturated heterocycles. The maximum Gasteiger partial charge on any atom is 0.191 e. The van der Waals surface area contributed by atoms with Crippen LogP contribution in [0.25, 0.3) is 0 Å². The second-order valence-electron chi connectivity index (χ2n) is 7.64. The molecule has 0 unspecified atom stereocenters. The Hall–Kier alpha value is -0.860. The van der Waals surface area contributed by atoms with Crippen LogP contribution >= 0.6 is 24.0 Å². The van der Waals surface area contributed by atoms with Crippen molar-refractivity contribution in [1.29, 1.82) is 0 Å². The van der Waals surface area contributed by atoms with Gasteiger partial charge in [0, 0.05) is 38.6 Å². The summed E-state index contributed by atoms with van der Waals surface area (Å²) in [7, 11) is 0. The van der Waals surface area contributed by atoms with Gasteiger partial charge in [-0.2, -0.15) is 0 Å². The van der Waals surface area contributed by atoms with Gasteiger partial charge in [-0.15, -0.1) is 24.0 Å². The lowest BCUT2D eigenvalue weighted by atomic mass is 9.82. The zero-order chi connectivity index (χ0) is 18.2. The minimum atomic E-state index is -0.717. The van der Waals surface area contributed by atoms with E-state index in [1.807, 2.05) is 0 Å². The molecule has 3 rings (SSSR count). The maximum atomic E-state index is 10.6. The summed E-state index contributed by atoms with van der Waals surface area (Å²) in [4.78, 5) is 4.67. The summed E-state index contributed by atoms with van der Waals surface area (Å²) < 4.78 is 5.35. The van der Waals surface area contributed by atoms with Crippen LogP contribution in [0.1, 0.15) is 56.9 Å². The summed E-state index contributed by atoms with van der Waals surface area (Å²) in [5.74, 6) is 1.51. The molecular formula is C21H34IN3O2. The van der Waals surface area contributed by atoms with Crippen molar-refractivity contribution in [1.82, 2.24) is 10.6 Å². The summed E-state index contributed by atoms with van der Waals surface area (Å²) in [6, 6.07) is 11.3. The third-order valence-corrected chi connectivity index (χ3v) is 5.64. The van der Waals surface area contributed by atoms with Crippen LogP contribution in [0.5, 0.6) is 0 Å². The van der Waals surface area contributed by atoms with E-state index in [-0.39, 0.29) is 24.0 Å². The molecule has 0 aromatic heterocycles. The predicted molar refractivity (Wildman–Crippen MR) is 121 cm³/mol. The first-order chi connectivity index (χ1) is 12.7. The molecule has 1 aromatic rings. The molecule has 5 nitrogen and oxygen atoms in total. The van der Waals surface area contributed by atoms with E-state index in [0.717, 1.165) is 25.3 Å². The fourth-order valence-electron chi connectivity index (χ4n) is 3.95. The number of nitrogens with one attached hydrogen (secondary N) is 2. The van der Waals surface area contributed by atoms with Crippen LogP contribution in [0.3, 0.4) is 0 Å². The third-order valence-electron chi connectivity index (χ3n) is 5.64. The lowest BCUT2D eigenvalue weighted by molar-refractivity contribution is -0.0566. The monoisotopic (exact) mass is 487 g/mol. The lowest BCUT2D eigenvalue weighted by Gasteiger charge is -2.32. The third kappa shape index (κ3) is 6.91. The molecule has 0 radical (unpaired) electrons. The van der Waals surface area contributed by atoms with Crippen LogP contribution < -0.4 is 10.6 Å². The van der Waals surface area contributed by atoms with Crippen molar-refractivity contribution < 1.29 is 9.84 Å². The molecular weight excluding hydrogens is 453 g/mol. The Labute approximate surface area is 180 Å². The quantitative estimate of drug-likeness (QED) is 0.338. The normalized spacial score (nSPS) is 25.3. The van der Waals surface area contributed by atoms with Gasteiger partial charge < -0.3 is 20.5 Å². The highest BCUT2D eigenvalue weighted by Gasteiger charge is 2.30. The highest BCUT2D eigenvalue weighted by Crippen LogP contribution is 2.32. The maximum absolute atomic E-state index is 10.6. The zero-order valence-electron chi connectivity index (χ0n) is 16.3. The molecule has 2 aliphatic rings. The fraction of sp³-hybridized carbons (Fsp3) is 0.667. The van der Waals surface area contributed by atoms with Gasteiger partial charge in [0.1, 0.15) is 0 Å². The van der Waals surface area contributed by atoms with E-state index in [0.29, 0.717) is 44.6 Å². The van der Waals surface area contributed by atoms with Crippen molar-refractivity contribution in [2.45, 2.75) is 63.0 Å². The number of halogens is 1. The average molecular weight is 487 g/mol. The standard InChI is InChI=1S/C21H33N3O2.HI/c1-2-22-20(23-16-21(25)12-14-26-15-13-21)24-19-10-8-18(9-11-19)17-6-4-3-5-7-17;/h3-7,18-19,25H,2,8-16H2,1H3,(H2,22,23,24);1H. The Morgan fingerprint density at radius 2 is 1.81 bits per heavy atom. The molecule has 152 valence electrons. The fourth-order valence-corrected chi connectivity index (χ4v) is 3.95. The average Bonchev–Trinajstić information content (AvgIpc) is 2.68. The van der Waals surface area contributed by atoms with E-state index in [2.05, 4.69) is 52.9 Å². The van der Waals surface area contributed by atoms with E-state index >= 15 is 0 Å². The van der Waals surface area contributed by atoms with Gasteiger partial charge >= 0.3 is 0 Å². The van der Waals surface area contributed by atoms with Crippen LogP contribution in [0.2, 0.25) is 0 Å². The van der Waals surface area contributed by atoms with E-state index in [1.165, 1.54) is 18.4 Å². The van der Waals surface area contributed by atoms with Gasteiger partial charge in [-0.3, -0.25) is 4.99 Å². The van der Waals surface area contributed by atoms with Crippen LogP contribution in [0.15, 0.2) is 35.3 Å². The van der Waals surface area contributed by atoms with Gasteiger partial charge in [-0.1, -0.05) is 30.3 Å². The van der Waals surface area contributed by atoms with Crippen molar-refractivity contribution in [3.8, 4) is 0 Å². The Morgan fingerprint density at radius 3 is 2.44 bits per heavy atom. The predicted octanol–water partition coefficient (Wildman–Crippen LogP) is 3.43. The topological polar surface area (TPSA) is 65.9 Å². The SMILES string of the molecule is CCNC(=NCC1(O)CCOCC1)NC1CCC(c2ccccc2)CC1.I. The van der Waals surface area contributed by atoms with Gasteiger partial charge in [0.25, 0.3) is 0 Å². The first-order valence-corrected chi connectivity index (χ1v) is 10.1. The Morgan fingerprint density at radius 1 is 1.15 bits per heavy atom. The molecule has 1 aromatic carbocycles. The summed E-state index contributed by atoms with van der Waals surface area (Å²) >= 11 is 0. The zero-order valence-corrected chi connectivity index (χ0v) is 18.7. The van der Waals surface area contributed by atoms with Gasteiger partial charge in [-0.05, 0) is 44.1 Å². The number of nitrogens with zero attached hydrogens (tertiary/aromatic N) is 1. The van der Waals surface area contributed by atoms with Gasteiger partial charge in [0.15, 0.2) is 5.96 Å². The van der Waals surface area contributed by atoms with Gasteiger partial charge in [0.05, 0.1) is 12.1 Å². The van der Waals surface area contributed by atoms with Crippen LogP contribution in [0, 0.1) is 0 Å². The Bertz CT molecular complexity index is 568. The van der Waals surface area contributed by atoms with Crippen molar-refractivity contribution in [3.05, 3.63) is 35.9 Å². The Kier molecular flexibility index (Phi) is 9.32. The smallest absolute Gasteiger partial charge is 0.191 e. The molecule has 6 heteroatoms. The molecule has 1 heterocycles. The highest BCUT2D eigenvalue weighted by atomic mass is 127. The van der Waals surface area contributed by atoms with E-state index in [4.69, 9.17) is 4.74 Å². The molecule has 27 heavy (non-hydrogen) atoms. The van der Waals surface area contributed by atoms with E-state index in [1.54, 1.807) is 0 Å². The number of hydrogen-bond donors (Lipinski definition) is 3. The number of hydrogen-bond acceptors (Lipinski definition) is 3. The number of benzene rings is 1. The number of ether oxygens (including phenoxy) is 1. The minimum absolute atomic E-state index is 0. The van der Waals surface area contributed by atoms with Crippen LogP contribution in [-0.2, 0) is 4.74 Å². The van der Waals surface area contributed by atoms with Crippen LogP contribution in [0.4, 0.5) is 0 Å². The molecule has 0 atom stereocenters. The Balaban J connectivity index is 0.00000261. The highest BCUT2D eigenvalue weighted by molar-refractivity contribution is 14.0. The second-order valence-corrected chi connectivity index (χ2v) is 7.64. The van der Waals surface area contributed by atoms with Gasteiger partial charge in [-0.25, -0.2) is 0 Å². The number of guanidine groups is 1. The first-order valence-electron chi connectivity index (χ1n) is 10.1. The lowest BCUT2D eigenvalue weighted by Crippen LogP contribution is -2.46. The molecule has 0 spiro atoms. The van der Waals surface area contributed by atoms with E-state index in [9.17, 15) is 5.11 Å². The minimum Gasteiger partial charge on any atom is -0.388 e. The van der Waals surface area contributed by atoms with Crippen molar-refractivity contribution >= 4 is 29.9 Å². The number of aliphatic imine (C=N–C) groups is 1. The molecule has 1 aliphatic carbocycles. The first kappa shape index (κ1) is 22.4. The molecule has 1 aliphatic heterocycles. The van der Waals surface area contributed by atoms with Crippen molar-refractivity contribution in [2.24, 2.45) is 4.99 Å². The largest absolute Gasteiger partial charge is 0.388 e. The summed E-state index contributed by atoms with van der Waals surface area (Å²) in [6.07, 6.45) is 6.06. The van der Waals surface area contributed by atoms with Crippen LogP contribution in [-0.4, -0.2) is 49.0 Å². The number of rotatable bonds is 5. The summed E-state index contributed by atoms with van der Waals surface area (Å²) in [5, 5.41) is 17.5. The van der Waals surface area contributed by atoms with Gasteiger partial charge in [0.2, 0.25) is 0 Å². The van der Waals surface area contributed by atoms with Crippen molar-refractivity contribution in [2.75, 3.05) is 26.3 Å². The molecule has 0 amide bonds. The molecule has 1 saturated carbocycles. The second kappa shape index (κ2) is 11.2. The summed E-state index contributed by atoms with van der Waals surface area (Å²) in [6.45, 7) is 4.59. The van der Waals surface area contributed by atoms with E-state index < -0.39 is 5.60 Å². The molecule has 0 bridgehead atoms. The number of aliphatic hydroxyl groups is 1. The molecule has 3 N–H and O–H groups in total. The van der Waals surface area contributed by atoms with Crippen molar-refractivity contribution in [3.63, 3.8) is 0 Å². The summed E-state index contributed by atoms with van der Waals surface area (Å²) in [5.41, 5.74) is 0.749.